The Morgan fingerprint density at radius 3 is 2.75 bits per heavy atom. The normalized spacial score (nSPS) is 16.6. The zero-order chi connectivity index (χ0) is 16.4. The fraction of sp³-hybridized carbons (Fsp3) is 0.263. The summed E-state index contributed by atoms with van der Waals surface area (Å²) < 4.78 is 4.18. The van der Waals surface area contributed by atoms with Gasteiger partial charge in [0.25, 0.3) is 0 Å². The summed E-state index contributed by atoms with van der Waals surface area (Å²) in [7, 11) is 0. The average Bonchev–Trinajstić information content (AvgIpc) is 3.26. The maximum Gasteiger partial charge on any atom is 0.224 e. The van der Waals surface area contributed by atoms with E-state index in [0.717, 1.165) is 36.5 Å². The van der Waals surface area contributed by atoms with Gasteiger partial charge in [-0.1, -0.05) is 12.1 Å². The van der Waals surface area contributed by atoms with Gasteiger partial charge in [-0.2, -0.15) is 0 Å². The highest BCUT2D eigenvalue weighted by Crippen LogP contribution is 2.14. The average molecular weight is 320 g/mol. The molecule has 1 aliphatic rings. The Bertz CT molecular complexity index is 817. The molecule has 0 fully saturated rings. The Kier molecular flexibility index (Phi) is 3.91. The van der Waals surface area contributed by atoms with Gasteiger partial charge in [0.05, 0.1) is 6.42 Å². The lowest BCUT2D eigenvalue weighted by molar-refractivity contribution is -0.121. The number of imidazole rings is 1. The monoisotopic (exact) mass is 320 g/mol. The van der Waals surface area contributed by atoms with Crippen LogP contribution in [0.2, 0.25) is 0 Å². The molecule has 2 aromatic heterocycles. The molecule has 3 aromatic rings. The highest BCUT2D eigenvalue weighted by molar-refractivity contribution is 5.78. The molecule has 1 amide bonds. The second-order valence-electron chi connectivity index (χ2n) is 6.23. The molecule has 0 saturated carbocycles. The first-order valence-corrected chi connectivity index (χ1v) is 8.29. The summed E-state index contributed by atoms with van der Waals surface area (Å²) >= 11 is 0. The minimum absolute atomic E-state index is 0.0808. The third-order valence-corrected chi connectivity index (χ3v) is 4.50. The Morgan fingerprint density at radius 2 is 1.96 bits per heavy atom. The molecule has 5 heteroatoms. The molecule has 5 nitrogen and oxygen atoms in total. The van der Waals surface area contributed by atoms with E-state index in [0.29, 0.717) is 6.42 Å². The molecular formula is C19H20N4O. The van der Waals surface area contributed by atoms with E-state index in [2.05, 4.69) is 19.4 Å². The van der Waals surface area contributed by atoms with Crippen LogP contribution >= 0.6 is 0 Å². The summed E-state index contributed by atoms with van der Waals surface area (Å²) in [6.45, 7) is 0.813. The number of hydrogen-bond donors (Lipinski definition) is 1. The van der Waals surface area contributed by atoms with Crippen molar-refractivity contribution in [1.29, 1.82) is 0 Å². The Morgan fingerprint density at radius 1 is 1.17 bits per heavy atom. The largest absolute Gasteiger partial charge is 0.351 e. The Balaban J connectivity index is 1.35. The van der Waals surface area contributed by atoms with Crippen molar-refractivity contribution in [3.8, 4) is 5.69 Å². The van der Waals surface area contributed by atoms with E-state index in [-0.39, 0.29) is 11.9 Å². The second-order valence-corrected chi connectivity index (χ2v) is 6.23. The number of benzene rings is 1. The molecule has 24 heavy (non-hydrogen) atoms. The molecule has 1 aromatic carbocycles. The summed E-state index contributed by atoms with van der Waals surface area (Å²) in [4.78, 5) is 16.6. The molecule has 0 bridgehead atoms. The van der Waals surface area contributed by atoms with Gasteiger partial charge in [0.1, 0.15) is 5.82 Å². The molecule has 0 saturated heterocycles. The zero-order valence-electron chi connectivity index (χ0n) is 13.4. The third-order valence-electron chi connectivity index (χ3n) is 4.50. The number of nitrogens with one attached hydrogen (secondary N) is 1. The number of hydrogen-bond acceptors (Lipinski definition) is 2. The van der Waals surface area contributed by atoms with Crippen molar-refractivity contribution in [3.05, 3.63) is 72.6 Å². The Hall–Kier alpha value is -2.82. The van der Waals surface area contributed by atoms with E-state index in [1.807, 2.05) is 61.2 Å². The molecule has 0 radical (unpaired) electrons. The number of nitrogens with zero attached hydrogens (tertiary/aromatic N) is 3. The van der Waals surface area contributed by atoms with Crippen LogP contribution in [0.3, 0.4) is 0 Å². The Labute approximate surface area is 140 Å². The molecule has 0 unspecified atom stereocenters. The molecule has 0 spiro atoms. The van der Waals surface area contributed by atoms with Gasteiger partial charge in [-0.3, -0.25) is 4.79 Å². The molecular weight excluding hydrogens is 300 g/mol. The van der Waals surface area contributed by atoms with Crippen molar-refractivity contribution in [2.24, 2.45) is 0 Å². The molecule has 4 rings (SSSR count). The van der Waals surface area contributed by atoms with E-state index in [1.54, 1.807) is 0 Å². The molecule has 1 aliphatic heterocycles. The second kappa shape index (κ2) is 6.35. The summed E-state index contributed by atoms with van der Waals surface area (Å²) in [6.07, 6.45) is 10.1. The standard InChI is InChI=1S/C19H20N4O/c24-19(21-16-5-8-18-20-9-12-23(18)14-16)13-15-3-6-17(7-4-15)22-10-1-2-11-22/h1-4,6-7,9-12,16H,5,8,13-14H2,(H,21,24)/t16-/m1/s1. The number of rotatable bonds is 4. The molecule has 3 heterocycles. The van der Waals surface area contributed by atoms with Crippen LogP contribution in [0.25, 0.3) is 5.69 Å². The van der Waals surface area contributed by atoms with Crippen molar-refractivity contribution in [2.75, 3.05) is 0 Å². The van der Waals surface area contributed by atoms with Crippen LogP contribution in [-0.4, -0.2) is 26.1 Å². The number of carbonyl (C=O) groups is 1. The first-order valence-electron chi connectivity index (χ1n) is 8.29. The van der Waals surface area contributed by atoms with Crippen molar-refractivity contribution >= 4 is 5.91 Å². The lowest BCUT2D eigenvalue weighted by Crippen LogP contribution is -2.41. The molecule has 0 aliphatic carbocycles. The van der Waals surface area contributed by atoms with Crippen LogP contribution in [0.5, 0.6) is 0 Å². The minimum Gasteiger partial charge on any atom is -0.351 e. The highest BCUT2D eigenvalue weighted by atomic mass is 16.1. The summed E-state index contributed by atoms with van der Waals surface area (Å²) in [5, 5.41) is 3.15. The van der Waals surface area contributed by atoms with E-state index >= 15 is 0 Å². The van der Waals surface area contributed by atoms with Crippen molar-refractivity contribution in [2.45, 2.75) is 31.8 Å². The van der Waals surface area contributed by atoms with Crippen LogP contribution in [0.15, 0.2) is 61.2 Å². The fourth-order valence-corrected chi connectivity index (χ4v) is 3.24. The minimum atomic E-state index is 0.0808. The maximum absolute atomic E-state index is 12.3. The van der Waals surface area contributed by atoms with Crippen LogP contribution in [0.1, 0.15) is 17.8 Å². The van der Waals surface area contributed by atoms with E-state index in [1.165, 1.54) is 0 Å². The van der Waals surface area contributed by atoms with E-state index in [9.17, 15) is 4.79 Å². The van der Waals surface area contributed by atoms with Gasteiger partial charge in [0.15, 0.2) is 0 Å². The number of amides is 1. The predicted molar refractivity (Wildman–Crippen MR) is 92.0 cm³/mol. The summed E-state index contributed by atoms with van der Waals surface area (Å²) in [5.41, 5.74) is 2.13. The van der Waals surface area contributed by atoms with Gasteiger partial charge in [-0.15, -0.1) is 0 Å². The topological polar surface area (TPSA) is 51.9 Å². The SMILES string of the molecule is O=C(Cc1ccc(-n2cccc2)cc1)N[C@@H]1CCc2nccn2C1. The highest BCUT2D eigenvalue weighted by Gasteiger charge is 2.20. The number of fused-ring (bicyclic) bond motifs is 1. The van der Waals surface area contributed by atoms with Gasteiger partial charge in [-0.05, 0) is 36.2 Å². The smallest absolute Gasteiger partial charge is 0.224 e. The number of carbonyl (C=O) groups excluding carboxylic acids is 1. The zero-order valence-corrected chi connectivity index (χ0v) is 13.4. The van der Waals surface area contributed by atoms with E-state index in [4.69, 9.17) is 0 Å². The lowest BCUT2D eigenvalue weighted by Gasteiger charge is -2.24. The predicted octanol–water partition coefficient (Wildman–Crippen LogP) is 2.35. The van der Waals surface area contributed by atoms with Gasteiger partial charge in [-0.25, -0.2) is 4.98 Å². The van der Waals surface area contributed by atoms with Crippen LogP contribution in [0.4, 0.5) is 0 Å². The first-order chi connectivity index (χ1) is 11.8. The van der Waals surface area contributed by atoms with E-state index < -0.39 is 0 Å². The summed E-state index contributed by atoms with van der Waals surface area (Å²) in [5.74, 6) is 1.19. The molecule has 122 valence electrons. The number of aromatic nitrogens is 3. The third kappa shape index (κ3) is 3.11. The quantitative estimate of drug-likeness (QED) is 0.802. The van der Waals surface area contributed by atoms with Gasteiger partial charge < -0.3 is 14.5 Å². The van der Waals surface area contributed by atoms with Crippen LogP contribution < -0.4 is 5.32 Å². The van der Waals surface area contributed by atoms with Crippen molar-refractivity contribution in [3.63, 3.8) is 0 Å². The van der Waals surface area contributed by atoms with Gasteiger partial charge in [0, 0.05) is 49.5 Å². The molecule has 1 N–H and O–H groups in total. The molecule has 1 atom stereocenters. The van der Waals surface area contributed by atoms with Gasteiger partial charge >= 0.3 is 0 Å². The lowest BCUT2D eigenvalue weighted by atomic mass is 10.1. The van der Waals surface area contributed by atoms with Crippen molar-refractivity contribution in [1.82, 2.24) is 19.4 Å². The van der Waals surface area contributed by atoms with Gasteiger partial charge in [0.2, 0.25) is 5.91 Å². The summed E-state index contributed by atoms with van der Waals surface area (Å²) in [6, 6.07) is 12.3. The number of aryl methyl sites for hydroxylation is 1. The first kappa shape index (κ1) is 14.8. The van der Waals surface area contributed by atoms with Crippen LogP contribution in [0, 0.1) is 0 Å². The van der Waals surface area contributed by atoms with Crippen molar-refractivity contribution < 1.29 is 4.79 Å². The fourth-order valence-electron chi connectivity index (χ4n) is 3.24. The van der Waals surface area contributed by atoms with Crippen LogP contribution in [-0.2, 0) is 24.2 Å². The maximum atomic E-state index is 12.3.